The van der Waals surface area contributed by atoms with E-state index in [-0.39, 0.29) is 29.1 Å². The Balaban J connectivity index is 1.85. The second-order valence-electron chi connectivity index (χ2n) is 7.91. The molecule has 1 heterocycles. The van der Waals surface area contributed by atoms with Gasteiger partial charge in [-0.05, 0) is 25.0 Å². The molecule has 166 valence electrons. The van der Waals surface area contributed by atoms with E-state index in [2.05, 4.69) is 0 Å². The number of nitro benzene ring substituents is 1. The van der Waals surface area contributed by atoms with Gasteiger partial charge in [-0.25, -0.2) is 0 Å². The number of hydrogen-bond donors (Lipinski definition) is 1. The number of aliphatic hydroxyl groups is 1. The lowest BCUT2D eigenvalue weighted by Crippen LogP contribution is -2.32. The van der Waals surface area contributed by atoms with Gasteiger partial charge in [0.15, 0.2) is 0 Å². The van der Waals surface area contributed by atoms with Crippen molar-refractivity contribution >= 4 is 23.1 Å². The average molecular weight is 442 g/mol. The molecule has 0 unspecified atom stereocenters. The third kappa shape index (κ3) is 4.25. The van der Waals surface area contributed by atoms with Crippen LogP contribution in [0.3, 0.4) is 0 Å². The van der Waals surface area contributed by atoms with Crippen LogP contribution in [0.1, 0.15) is 28.3 Å². The van der Waals surface area contributed by atoms with Gasteiger partial charge in [-0.1, -0.05) is 72.3 Å². The lowest BCUT2D eigenvalue weighted by atomic mass is 9.94. The standard InChI is InChI=1S/C26H22N2O5/c1-17-11-13-19(14-12-17)24(29)22-23(20-9-5-6-10-21(20)28(32)33)27(26(31)25(22)30)16-15-18-7-3-2-4-8-18/h2-14,23,29H,15-16H2,1H3/t23-/m0/s1. The molecular weight excluding hydrogens is 420 g/mol. The minimum Gasteiger partial charge on any atom is -0.507 e. The fraction of sp³-hybridized carbons (Fsp3) is 0.154. The van der Waals surface area contributed by atoms with Gasteiger partial charge < -0.3 is 10.0 Å². The highest BCUT2D eigenvalue weighted by Gasteiger charge is 2.47. The summed E-state index contributed by atoms with van der Waals surface area (Å²) in [5, 5.41) is 22.8. The lowest BCUT2D eigenvalue weighted by molar-refractivity contribution is -0.385. The summed E-state index contributed by atoms with van der Waals surface area (Å²) >= 11 is 0. The van der Waals surface area contributed by atoms with Crippen LogP contribution < -0.4 is 0 Å². The number of likely N-dealkylation sites (tertiary alicyclic amines) is 1. The van der Waals surface area contributed by atoms with Crippen molar-refractivity contribution in [3.8, 4) is 0 Å². The first kappa shape index (κ1) is 22.0. The molecule has 1 aliphatic heterocycles. The highest BCUT2D eigenvalue weighted by molar-refractivity contribution is 6.46. The molecule has 0 aliphatic carbocycles. The maximum atomic E-state index is 13.1. The molecular formula is C26H22N2O5. The van der Waals surface area contributed by atoms with Gasteiger partial charge in [-0.15, -0.1) is 0 Å². The first-order chi connectivity index (χ1) is 15.9. The summed E-state index contributed by atoms with van der Waals surface area (Å²) in [5.74, 6) is -1.99. The Labute approximate surface area is 190 Å². The van der Waals surface area contributed by atoms with Crippen molar-refractivity contribution in [3.05, 3.63) is 117 Å². The number of carbonyl (C=O) groups excluding carboxylic acids is 2. The maximum absolute atomic E-state index is 13.1. The molecule has 7 heteroatoms. The molecule has 1 fully saturated rings. The third-order valence-electron chi connectivity index (χ3n) is 5.78. The van der Waals surface area contributed by atoms with Crippen molar-refractivity contribution < 1.29 is 19.6 Å². The summed E-state index contributed by atoms with van der Waals surface area (Å²) in [6, 6.07) is 21.2. The zero-order valence-electron chi connectivity index (χ0n) is 18.0. The van der Waals surface area contributed by atoms with Crippen molar-refractivity contribution in [1.29, 1.82) is 0 Å². The van der Waals surface area contributed by atoms with E-state index in [1.54, 1.807) is 30.3 Å². The van der Waals surface area contributed by atoms with E-state index in [0.29, 0.717) is 12.0 Å². The number of nitrogens with zero attached hydrogens (tertiary/aromatic N) is 2. The number of carbonyl (C=O) groups is 2. The average Bonchev–Trinajstić information content (AvgIpc) is 3.08. The molecule has 4 rings (SSSR count). The molecule has 1 amide bonds. The zero-order valence-corrected chi connectivity index (χ0v) is 18.0. The van der Waals surface area contributed by atoms with E-state index in [4.69, 9.17) is 0 Å². The van der Waals surface area contributed by atoms with Crippen LogP contribution in [-0.4, -0.2) is 33.2 Å². The number of hydrogen-bond acceptors (Lipinski definition) is 5. The molecule has 0 radical (unpaired) electrons. The second kappa shape index (κ2) is 9.08. The number of ketones is 1. The number of amides is 1. The van der Waals surface area contributed by atoms with E-state index in [0.717, 1.165) is 11.1 Å². The van der Waals surface area contributed by atoms with Crippen molar-refractivity contribution in [2.24, 2.45) is 0 Å². The molecule has 7 nitrogen and oxygen atoms in total. The summed E-state index contributed by atoms with van der Waals surface area (Å²) in [6.45, 7) is 2.05. The van der Waals surface area contributed by atoms with Gasteiger partial charge in [0.1, 0.15) is 5.76 Å². The van der Waals surface area contributed by atoms with E-state index in [1.807, 2.05) is 37.3 Å². The molecule has 0 spiro atoms. The monoisotopic (exact) mass is 442 g/mol. The highest BCUT2D eigenvalue weighted by Crippen LogP contribution is 2.42. The van der Waals surface area contributed by atoms with Gasteiger partial charge in [0.2, 0.25) is 0 Å². The molecule has 0 bridgehead atoms. The summed E-state index contributed by atoms with van der Waals surface area (Å²) < 4.78 is 0. The fourth-order valence-electron chi connectivity index (χ4n) is 4.08. The molecule has 0 saturated carbocycles. The second-order valence-corrected chi connectivity index (χ2v) is 7.91. The lowest BCUT2D eigenvalue weighted by Gasteiger charge is -2.25. The summed E-state index contributed by atoms with van der Waals surface area (Å²) in [5.41, 5.74) is 2.10. The number of benzene rings is 3. The summed E-state index contributed by atoms with van der Waals surface area (Å²) in [6.07, 6.45) is 0.454. The molecule has 1 N–H and O–H groups in total. The Morgan fingerprint density at radius 1 is 0.970 bits per heavy atom. The topological polar surface area (TPSA) is 101 Å². The number of para-hydroxylation sites is 1. The summed E-state index contributed by atoms with van der Waals surface area (Å²) in [7, 11) is 0. The molecule has 1 aliphatic rings. The van der Waals surface area contributed by atoms with Crippen LogP contribution in [0.15, 0.2) is 84.4 Å². The number of nitro groups is 1. The molecule has 1 atom stereocenters. The Morgan fingerprint density at radius 3 is 2.27 bits per heavy atom. The summed E-state index contributed by atoms with van der Waals surface area (Å²) in [4.78, 5) is 38.7. The smallest absolute Gasteiger partial charge is 0.295 e. The van der Waals surface area contributed by atoms with Crippen LogP contribution in [-0.2, 0) is 16.0 Å². The Kier molecular flexibility index (Phi) is 6.04. The third-order valence-corrected chi connectivity index (χ3v) is 5.78. The van der Waals surface area contributed by atoms with Gasteiger partial charge in [-0.3, -0.25) is 19.7 Å². The predicted molar refractivity (Wildman–Crippen MR) is 123 cm³/mol. The van der Waals surface area contributed by atoms with Crippen LogP contribution in [0, 0.1) is 17.0 Å². The zero-order chi connectivity index (χ0) is 23.5. The minimum atomic E-state index is -1.07. The van der Waals surface area contributed by atoms with E-state index in [1.165, 1.54) is 23.1 Å². The fourth-order valence-corrected chi connectivity index (χ4v) is 4.08. The normalized spacial score (nSPS) is 17.4. The van der Waals surface area contributed by atoms with Gasteiger partial charge in [-0.2, -0.15) is 0 Å². The number of rotatable bonds is 6. The van der Waals surface area contributed by atoms with Gasteiger partial charge in [0.05, 0.1) is 22.1 Å². The van der Waals surface area contributed by atoms with Crippen molar-refractivity contribution in [2.45, 2.75) is 19.4 Å². The largest absolute Gasteiger partial charge is 0.507 e. The van der Waals surface area contributed by atoms with Crippen LogP contribution >= 0.6 is 0 Å². The SMILES string of the molecule is Cc1ccc(C(O)=C2C(=O)C(=O)N(CCc3ccccc3)[C@H]2c2ccccc2[N+](=O)[O-])cc1. The maximum Gasteiger partial charge on any atom is 0.295 e. The van der Waals surface area contributed by atoms with Gasteiger partial charge in [0, 0.05) is 18.2 Å². The number of Topliss-reactive ketones (excluding diaryl/α,β-unsaturated/α-hetero) is 1. The van der Waals surface area contributed by atoms with E-state index >= 15 is 0 Å². The highest BCUT2D eigenvalue weighted by atomic mass is 16.6. The van der Waals surface area contributed by atoms with Gasteiger partial charge in [0.25, 0.3) is 17.4 Å². The quantitative estimate of drug-likeness (QED) is 0.198. The number of aryl methyl sites for hydroxylation is 1. The van der Waals surface area contributed by atoms with E-state index < -0.39 is 22.7 Å². The van der Waals surface area contributed by atoms with Gasteiger partial charge >= 0.3 is 0 Å². The van der Waals surface area contributed by atoms with Crippen LogP contribution in [0.4, 0.5) is 5.69 Å². The first-order valence-corrected chi connectivity index (χ1v) is 10.5. The van der Waals surface area contributed by atoms with Crippen LogP contribution in [0.2, 0.25) is 0 Å². The van der Waals surface area contributed by atoms with Crippen LogP contribution in [0.5, 0.6) is 0 Å². The number of aliphatic hydroxyl groups excluding tert-OH is 1. The minimum absolute atomic E-state index is 0.147. The first-order valence-electron chi connectivity index (χ1n) is 10.5. The van der Waals surface area contributed by atoms with E-state index in [9.17, 15) is 24.8 Å². The van der Waals surface area contributed by atoms with Crippen molar-refractivity contribution in [1.82, 2.24) is 4.90 Å². The molecule has 33 heavy (non-hydrogen) atoms. The molecule has 3 aromatic rings. The van der Waals surface area contributed by atoms with Crippen LogP contribution in [0.25, 0.3) is 5.76 Å². The van der Waals surface area contributed by atoms with Crippen molar-refractivity contribution in [3.63, 3.8) is 0 Å². The Hall–Kier alpha value is -4.26. The molecule has 3 aromatic carbocycles. The Bertz CT molecular complexity index is 1250. The Morgan fingerprint density at radius 2 is 1.61 bits per heavy atom. The van der Waals surface area contributed by atoms with Crippen molar-refractivity contribution in [2.75, 3.05) is 6.54 Å². The molecule has 1 saturated heterocycles. The molecule has 0 aromatic heterocycles. The predicted octanol–water partition coefficient (Wildman–Crippen LogP) is 4.57.